The van der Waals surface area contributed by atoms with Gasteiger partial charge in [0.1, 0.15) is 0 Å². The molecular formula is C19H28N6O2. The number of anilines is 1. The molecule has 146 valence electrons. The number of nitrogens with zero attached hydrogens (tertiary/aromatic N) is 5. The molecule has 0 saturated carbocycles. The van der Waals surface area contributed by atoms with Crippen molar-refractivity contribution in [3.63, 3.8) is 0 Å². The Hall–Kier alpha value is -2.61. The van der Waals surface area contributed by atoms with Gasteiger partial charge in [0.25, 0.3) is 0 Å². The minimum Gasteiger partial charge on any atom is -0.373 e. The van der Waals surface area contributed by atoms with Crippen LogP contribution in [0.1, 0.15) is 24.7 Å². The molecule has 1 aliphatic rings. The lowest BCUT2D eigenvalue weighted by molar-refractivity contribution is 0.100. The number of likely N-dealkylation sites (N-methyl/N-ethyl adjacent to an activating group) is 1. The van der Waals surface area contributed by atoms with Crippen LogP contribution in [0, 0.1) is 6.92 Å². The van der Waals surface area contributed by atoms with E-state index >= 15 is 0 Å². The number of aryl methyl sites for hydroxylation is 1. The summed E-state index contributed by atoms with van der Waals surface area (Å²) in [6, 6.07) is 10.2. The van der Waals surface area contributed by atoms with Crippen molar-refractivity contribution < 1.29 is 9.32 Å². The zero-order valence-corrected chi connectivity index (χ0v) is 16.3. The number of carbonyl (C=O) groups excluding carboxylic acids is 1. The number of benzene rings is 1. The topological polar surface area (TPSA) is 77.7 Å². The van der Waals surface area contributed by atoms with Crippen molar-refractivity contribution in [3.05, 3.63) is 42.0 Å². The normalized spacial score (nSPS) is 16.2. The molecule has 27 heavy (non-hydrogen) atoms. The van der Waals surface area contributed by atoms with Gasteiger partial charge in [0, 0.05) is 52.0 Å². The predicted octanol–water partition coefficient (Wildman–Crippen LogP) is 1.90. The highest BCUT2D eigenvalue weighted by molar-refractivity contribution is 5.74. The molecule has 8 heteroatoms. The van der Waals surface area contributed by atoms with Gasteiger partial charge in [-0.25, -0.2) is 4.79 Å². The molecule has 1 saturated heterocycles. The van der Waals surface area contributed by atoms with E-state index in [9.17, 15) is 4.79 Å². The Morgan fingerprint density at radius 3 is 2.59 bits per heavy atom. The SMILES string of the molecule is Cc1noc(C(C)N2CCN(C(=O)NCCN(C)c3ccccc3)CC2)n1. The number of aromatic nitrogens is 2. The van der Waals surface area contributed by atoms with Gasteiger partial charge in [-0.3, -0.25) is 4.90 Å². The molecule has 0 radical (unpaired) electrons. The number of amides is 2. The first kappa shape index (κ1) is 19.2. The second-order valence-corrected chi connectivity index (χ2v) is 6.87. The van der Waals surface area contributed by atoms with E-state index in [0.717, 1.165) is 25.3 Å². The molecule has 1 unspecified atom stereocenters. The molecule has 2 amide bonds. The minimum absolute atomic E-state index is 0.00241. The Morgan fingerprint density at radius 1 is 1.26 bits per heavy atom. The first-order chi connectivity index (χ1) is 13.0. The third-order valence-electron chi connectivity index (χ3n) is 4.97. The molecular weight excluding hydrogens is 344 g/mol. The number of hydrogen-bond acceptors (Lipinski definition) is 6. The molecule has 1 N–H and O–H groups in total. The Labute approximate surface area is 160 Å². The summed E-state index contributed by atoms with van der Waals surface area (Å²) in [5.74, 6) is 1.28. The average molecular weight is 372 g/mol. The summed E-state index contributed by atoms with van der Waals surface area (Å²) in [5, 5.41) is 6.87. The molecule has 1 aliphatic heterocycles. The summed E-state index contributed by atoms with van der Waals surface area (Å²) in [5.41, 5.74) is 1.14. The summed E-state index contributed by atoms with van der Waals surface area (Å²) < 4.78 is 5.27. The average Bonchev–Trinajstić information content (AvgIpc) is 3.14. The molecule has 0 spiro atoms. The van der Waals surface area contributed by atoms with E-state index in [0.29, 0.717) is 31.3 Å². The lowest BCUT2D eigenvalue weighted by Crippen LogP contribution is -2.52. The number of para-hydroxylation sites is 1. The Morgan fingerprint density at radius 2 is 1.96 bits per heavy atom. The van der Waals surface area contributed by atoms with Crippen LogP contribution in [0.15, 0.2) is 34.9 Å². The minimum atomic E-state index is -0.00241. The van der Waals surface area contributed by atoms with Gasteiger partial charge in [-0.1, -0.05) is 23.4 Å². The molecule has 1 aromatic carbocycles. The molecule has 0 aliphatic carbocycles. The number of rotatable bonds is 6. The van der Waals surface area contributed by atoms with Gasteiger partial charge in [0.2, 0.25) is 5.89 Å². The van der Waals surface area contributed by atoms with Crippen molar-refractivity contribution in [2.75, 3.05) is 51.2 Å². The van der Waals surface area contributed by atoms with Crippen LogP contribution >= 0.6 is 0 Å². The van der Waals surface area contributed by atoms with Crippen LogP contribution in [0.3, 0.4) is 0 Å². The van der Waals surface area contributed by atoms with Gasteiger partial charge in [-0.2, -0.15) is 4.98 Å². The molecule has 2 heterocycles. The lowest BCUT2D eigenvalue weighted by atomic mass is 10.2. The highest BCUT2D eigenvalue weighted by Crippen LogP contribution is 2.20. The van der Waals surface area contributed by atoms with E-state index in [1.807, 2.05) is 37.1 Å². The summed E-state index contributed by atoms with van der Waals surface area (Å²) in [4.78, 5) is 23.0. The smallest absolute Gasteiger partial charge is 0.317 e. The summed E-state index contributed by atoms with van der Waals surface area (Å²) in [6.45, 7) is 8.22. The van der Waals surface area contributed by atoms with E-state index in [4.69, 9.17) is 4.52 Å². The predicted molar refractivity (Wildman–Crippen MR) is 104 cm³/mol. The Bertz CT molecular complexity index is 727. The zero-order chi connectivity index (χ0) is 19.2. The summed E-state index contributed by atoms with van der Waals surface area (Å²) in [7, 11) is 2.03. The molecule has 3 rings (SSSR count). The fraction of sp³-hybridized carbons (Fsp3) is 0.526. The summed E-state index contributed by atoms with van der Waals surface area (Å²) in [6.07, 6.45) is 0. The van der Waals surface area contributed by atoms with Gasteiger partial charge in [-0.05, 0) is 26.0 Å². The number of carbonyl (C=O) groups is 1. The van der Waals surface area contributed by atoms with E-state index in [1.165, 1.54) is 0 Å². The van der Waals surface area contributed by atoms with Crippen molar-refractivity contribution in [1.82, 2.24) is 25.3 Å². The van der Waals surface area contributed by atoms with Gasteiger partial charge >= 0.3 is 6.03 Å². The first-order valence-corrected chi connectivity index (χ1v) is 9.38. The zero-order valence-electron chi connectivity index (χ0n) is 16.3. The number of piperazine rings is 1. The van der Waals surface area contributed by atoms with Crippen molar-refractivity contribution >= 4 is 11.7 Å². The van der Waals surface area contributed by atoms with Gasteiger partial charge in [-0.15, -0.1) is 0 Å². The van der Waals surface area contributed by atoms with Crippen molar-refractivity contribution in [3.8, 4) is 0 Å². The van der Waals surface area contributed by atoms with Crippen LogP contribution < -0.4 is 10.2 Å². The van der Waals surface area contributed by atoms with E-state index in [1.54, 1.807) is 0 Å². The third kappa shape index (κ3) is 4.97. The van der Waals surface area contributed by atoms with Crippen LogP contribution in [0.4, 0.5) is 10.5 Å². The van der Waals surface area contributed by atoms with E-state index in [-0.39, 0.29) is 12.1 Å². The largest absolute Gasteiger partial charge is 0.373 e. The monoisotopic (exact) mass is 372 g/mol. The van der Waals surface area contributed by atoms with Gasteiger partial charge < -0.3 is 19.6 Å². The molecule has 1 aromatic heterocycles. The molecule has 1 atom stereocenters. The molecule has 0 bridgehead atoms. The second-order valence-electron chi connectivity index (χ2n) is 6.87. The van der Waals surface area contributed by atoms with Crippen molar-refractivity contribution in [1.29, 1.82) is 0 Å². The van der Waals surface area contributed by atoms with Gasteiger partial charge in [0.05, 0.1) is 6.04 Å². The highest BCUT2D eigenvalue weighted by Gasteiger charge is 2.27. The first-order valence-electron chi connectivity index (χ1n) is 9.38. The second kappa shape index (κ2) is 8.85. The number of nitrogens with one attached hydrogen (secondary N) is 1. The standard InChI is InChI=1S/C19H28N6O2/c1-15(18-21-16(2)22-27-18)24-11-13-25(14-12-24)19(26)20-9-10-23(3)17-7-5-4-6-8-17/h4-8,15H,9-14H2,1-3H3,(H,20,26). The molecule has 1 fully saturated rings. The fourth-order valence-corrected chi connectivity index (χ4v) is 3.21. The van der Waals surface area contributed by atoms with E-state index in [2.05, 4.69) is 44.3 Å². The third-order valence-corrected chi connectivity index (χ3v) is 4.97. The highest BCUT2D eigenvalue weighted by atomic mass is 16.5. The maximum Gasteiger partial charge on any atom is 0.317 e. The Balaban J connectivity index is 1.39. The Kier molecular flexibility index (Phi) is 6.28. The van der Waals surface area contributed by atoms with Crippen LogP contribution in [0.2, 0.25) is 0 Å². The van der Waals surface area contributed by atoms with E-state index < -0.39 is 0 Å². The van der Waals surface area contributed by atoms with Crippen LogP contribution in [-0.4, -0.2) is 72.3 Å². The van der Waals surface area contributed by atoms with Crippen LogP contribution in [0.25, 0.3) is 0 Å². The van der Waals surface area contributed by atoms with Crippen LogP contribution in [-0.2, 0) is 0 Å². The number of urea groups is 1. The maximum atomic E-state index is 12.4. The lowest BCUT2D eigenvalue weighted by Gasteiger charge is -2.36. The molecule has 2 aromatic rings. The summed E-state index contributed by atoms with van der Waals surface area (Å²) >= 11 is 0. The fourth-order valence-electron chi connectivity index (χ4n) is 3.21. The number of hydrogen-bond donors (Lipinski definition) is 1. The van der Waals surface area contributed by atoms with Crippen molar-refractivity contribution in [2.45, 2.75) is 19.9 Å². The van der Waals surface area contributed by atoms with Crippen LogP contribution in [0.5, 0.6) is 0 Å². The maximum absolute atomic E-state index is 12.4. The van der Waals surface area contributed by atoms with Crippen molar-refractivity contribution in [2.24, 2.45) is 0 Å². The van der Waals surface area contributed by atoms with Gasteiger partial charge in [0.15, 0.2) is 5.82 Å². The molecule has 8 nitrogen and oxygen atoms in total. The quantitative estimate of drug-likeness (QED) is 0.835.